The Morgan fingerprint density at radius 1 is 1.18 bits per heavy atom. The van der Waals surface area contributed by atoms with Gasteiger partial charge in [0.1, 0.15) is 0 Å². The van der Waals surface area contributed by atoms with Gasteiger partial charge in [-0.05, 0) is 35.7 Å². The fraction of sp³-hybridized carbons (Fsp3) is 0.350. The van der Waals surface area contributed by atoms with Crippen LogP contribution in [-0.4, -0.2) is 56.5 Å². The summed E-state index contributed by atoms with van der Waals surface area (Å²) in [7, 11) is 6.84. The molecule has 0 unspecified atom stereocenters. The molecule has 28 heavy (non-hydrogen) atoms. The summed E-state index contributed by atoms with van der Waals surface area (Å²) >= 11 is 0. The topological polar surface area (TPSA) is 78.9 Å². The molecule has 0 aliphatic rings. The molecule has 1 aromatic heterocycles. The van der Waals surface area contributed by atoms with Crippen molar-refractivity contribution in [3.05, 3.63) is 59.3 Å². The van der Waals surface area contributed by atoms with Gasteiger partial charge in [-0.15, -0.1) is 24.0 Å². The summed E-state index contributed by atoms with van der Waals surface area (Å²) in [6.45, 7) is 1.32. The zero-order valence-electron chi connectivity index (χ0n) is 16.7. The second-order valence-corrected chi connectivity index (χ2v) is 6.21. The molecule has 2 N–H and O–H groups in total. The van der Waals surface area contributed by atoms with Gasteiger partial charge < -0.3 is 20.3 Å². The molecule has 1 heterocycles. The van der Waals surface area contributed by atoms with Crippen LogP contribution in [0, 0.1) is 0 Å². The number of hydrogen-bond donors (Lipinski definition) is 2. The average Bonchev–Trinajstić information content (AvgIpc) is 2.70. The molecule has 0 aliphatic heterocycles. The first-order valence-electron chi connectivity index (χ1n) is 8.77. The van der Waals surface area contributed by atoms with Crippen molar-refractivity contribution in [2.75, 3.05) is 34.8 Å². The number of rotatable bonds is 7. The normalized spacial score (nSPS) is 10.6. The number of aromatic nitrogens is 1. The summed E-state index contributed by atoms with van der Waals surface area (Å²) in [5.74, 6) is 1.31. The second kappa shape index (κ2) is 12.2. The minimum absolute atomic E-state index is 0. The molecule has 7 nitrogen and oxygen atoms in total. The minimum Gasteiger partial charge on any atom is -0.481 e. The number of aliphatic imine (C=N–C) groups is 1. The Labute approximate surface area is 183 Å². The van der Waals surface area contributed by atoms with Gasteiger partial charge in [-0.3, -0.25) is 9.79 Å². The Balaban J connectivity index is 0.00000392. The van der Waals surface area contributed by atoms with E-state index < -0.39 is 0 Å². The van der Waals surface area contributed by atoms with Gasteiger partial charge in [0, 0.05) is 52.1 Å². The number of pyridine rings is 1. The van der Waals surface area contributed by atoms with Gasteiger partial charge in [0.05, 0.1) is 7.11 Å². The summed E-state index contributed by atoms with van der Waals surface area (Å²) in [4.78, 5) is 22.0. The van der Waals surface area contributed by atoms with Crippen molar-refractivity contribution in [1.29, 1.82) is 0 Å². The smallest absolute Gasteiger partial charge is 0.253 e. The van der Waals surface area contributed by atoms with E-state index in [1.807, 2.05) is 36.4 Å². The molecule has 0 saturated heterocycles. The number of nitrogens with zero attached hydrogens (tertiary/aromatic N) is 3. The van der Waals surface area contributed by atoms with Gasteiger partial charge in [0.15, 0.2) is 5.96 Å². The second-order valence-electron chi connectivity index (χ2n) is 6.21. The molecule has 1 aromatic carbocycles. The van der Waals surface area contributed by atoms with Gasteiger partial charge in [-0.1, -0.05) is 12.1 Å². The molecule has 0 spiro atoms. The molecule has 0 fully saturated rings. The van der Waals surface area contributed by atoms with Crippen molar-refractivity contribution in [1.82, 2.24) is 20.5 Å². The largest absolute Gasteiger partial charge is 0.481 e. The van der Waals surface area contributed by atoms with Crippen molar-refractivity contribution >= 4 is 35.8 Å². The summed E-state index contributed by atoms with van der Waals surface area (Å²) in [6, 6.07) is 11.5. The van der Waals surface area contributed by atoms with Gasteiger partial charge in [0.25, 0.3) is 5.91 Å². The van der Waals surface area contributed by atoms with E-state index in [0.717, 1.165) is 17.5 Å². The van der Waals surface area contributed by atoms with Crippen LogP contribution >= 0.6 is 24.0 Å². The predicted octanol–water partition coefficient (Wildman–Crippen LogP) is 2.32. The van der Waals surface area contributed by atoms with Crippen molar-refractivity contribution in [2.24, 2.45) is 4.99 Å². The number of nitrogens with one attached hydrogen (secondary N) is 2. The SMILES string of the molecule is CN=C(NCCc1cccc(C(=O)N(C)C)c1)NCc1ccnc(OC)c1.I. The highest BCUT2D eigenvalue weighted by Gasteiger charge is 2.08. The molecule has 0 radical (unpaired) electrons. The zero-order chi connectivity index (χ0) is 19.6. The highest BCUT2D eigenvalue weighted by molar-refractivity contribution is 14.0. The Hall–Kier alpha value is -2.36. The lowest BCUT2D eigenvalue weighted by Crippen LogP contribution is -2.37. The molecule has 152 valence electrons. The highest BCUT2D eigenvalue weighted by Crippen LogP contribution is 2.09. The van der Waals surface area contributed by atoms with Crippen LogP contribution in [0.25, 0.3) is 0 Å². The van der Waals surface area contributed by atoms with Gasteiger partial charge in [0.2, 0.25) is 5.88 Å². The predicted molar refractivity (Wildman–Crippen MR) is 123 cm³/mol. The molecular formula is C20H28IN5O2. The van der Waals surface area contributed by atoms with E-state index in [0.29, 0.717) is 30.5 Å². The molecule has 1 amide bonds. The minimum atomic E-state index is 0. The summed E-state index contributed by atoms with van der Waals surface area (Å²) < 4.78 is 5.13. The molecule has 0 atom stereocenters. The van der Waals surface area contributed by atoms with Gasteiger partial charge in [-0.2, -0.15) is 0 Å². The quantitative estimate of drug-likeness (QED) is 0.349. The molecule has 8 heteroatoms. The van der Waals surface area contributed by atoms with Crippen LogP contribution in [0.2, 0.25) is 0 Å². The van der Waals surface area contributed by atoms with E-state index in [1.54, 1.807) is 39.3 Å². The number of carbonyl (C=O) groups is 1. The molecule has 2 rings (SSSR count). The lowest BCUT2D eigenvalue weighted by atomic mass is 10.1. The number of hydrogen-bond acceptors (Lipinski definition) is 4. The van der Waals surface area contributed by atoms with Crippen LogP contribution in [0.4, 0.5) is 0 Å². The van der Waals surface area contributed by atoms with Crippen molar-refractivity contribution in [3.8, 4) is 5.88 Å². The third-order valence-corrected chi connectivity index (χ3v) is 3.98. The summed E-state index contributed by atoms with van der Waals surface area (Å²) in [5, 5.41) is 6.55. The fourth-order valence-corrected chi connectivity index (χ4v) is 2.52. The van der Waals surface area contributed by atoms with E-state index in [2.05, 4.69) is 20.6 Å². The van der Waals surface area contributed by atoms with Crippen LogP contribution in [-0.2, 0) is 13.0 Å². The van der Waals surface area contributed by atoms with Crippen molar-refractivity contribution in [2.45, 2.75) is 13.0 Å². The van der Waals surface area contributed by atoms with E-state index >= 15 is 0 Å². The van der Waals surface area contributed by atoms with Gasteiger partial charge in [-0.25, -0.2) is 4.98 Å². The first-order valence-corrected chi connectivity index (χ1v) is 8.77. The van der Waals surface area contributed by atoms with E-state index in [1.165, 1.54) is 0 Å². The first kappa shape index (κ1) is 23.7. The van der Waals surface area contributed by atoms with Crippen LogP contribution in [0.5, 0.6) is 5.88 Å². The Bertz CT molecular complexity index is 796. The molecular weight excluding hydrogens is 469 g/mol. The lowest BCUT2D eigenvalue weighted by Gasteiger charge is -2.13. The van der Waals surface area contributed by atoms with Crippen molar-refractivity contribution in [3.63, 3.8) is 0 Å². The highest BCUT2D eigenvalue weighted by atomic mass is 127. The van der Waals surface area contributed by atoms with Gasteiger partial charge >= 0.3 is 0 Å². The summed E-state index contributed by atoms with van der Waals surface area (Å²) in [5.41, 5.74) is 2.86. The van der Waals surface area contributed by atoms with Crippen LogP contribution in [0.3, 0.4) is 0 Å². The maximum Gasteiger partial charge on any atom is 0.253 e. The average molecular weight is 497 g/mol. The monoisotopic (exact) mass is 497 g/mol. The van der Waals surface area contributed by atoms with Crippen LogP contribution in [0.1, 0.15) is 21.5 Å². The number of methoxy groups -OCH3 is 1. The third kappa shape index (κ3) is 7.34. The number of amides is 1. The standard InChI is InChI=1S/C20H27N5O2.HI/c1-21-20(24-14-16-9-10-22-18(13-16)27-4)23-11-8-15-6-5-7-17(12-15)19(26)25(2)3;/h5-7,9-10,12-13H,8,11,14H2,1-4H3,(H2,21,23,24);1H. The Kier molecular flexibility index (Phi) is 10.3. The first-order chi connectivity index (χ1) is 13.0. The summed E-state index contributed by atoms with van der Waals surface area (Å²) in [6.07, 6.45) is 2.51. The molecule has 0 saturated carbocycles. The lowest BCUT2D eigenvalue weighted by molar-refractivity contribution is 0.0827. The Morgan fingerprint density at radius 2 is 1.96 bits per heavy atom. The number of ether oxygens (including phenoxy) is 1. The number of guanidine groups is 1. The maximum absolute atomic E-state index is 12.1. The molecule has 0 aliphatic carbocycles. The molecule has 0 bridgehead atoms. The van der Waals surface area contributed by atoms with E-state index in [9.17, 15) is 4.79 Å². The zero-order valence-corrected chi connectivity index (χ0v) is 19.1. The number of carbonyl (C=O) groups excluding carboxylic acids is 1. The number of benzene rings is 1. The van der Waals surface area contributed by atoms with Crippen LogP contribution < -0.4 is 15.4 Å². The Morgan fingerprint density at radius 3 is 2.64 bits per heavy atom. The van der Waals surface area contributed by atoms with Crippen molar-refractivity contribution < 1.29 is 9.53 Å². The maximum atomic E-state index is 12.1. The van der Waals surface area contributed by atoms with Crippen LogP contribution in [0.15, 0.2) is 47.6 Å². The van der Waals surface area contributed by atoms with E-state index in [-0.39, 0.29) is 29.9 Å². The molecule has 2 aromatic rings. The number of halogens is 1. The fourth-order valence-electron chi connectivity index (χ4n) is 2.52. The third-order valence-electron chi connectivity index (χ3n) is 3.98. The van der Waals surface area contributed by atoms with E-state index in [4.69, 9.17) is 4.74 Å².